The topological polar surface area (TPSA) is 72.7 Å². The van der Waals surface area contributed by atoms with Gasteiger partial charge in [-0.3, -0.25) is 14.3 Å². The molecule has 4 rings (SSSR count). The third-order valence-corrected chi connectivity index (χ3v) is 6.05. The number of benzene rings is 1. The van der Waals surface area contributed by atoms with Crippen molar-refractivity contribution in [2.45, 2.75) is 5.16 Å². The molecule has 0 radical (unpaired) electrons. The number of amides is 1. The van der Waals surface area contributed by atoms with E-state index in [2.05, 4.69) is 52.1 Å². The lowest BCUT2D eigenvalue weighted by molar-refractivity contribution is -0.113. The maximum Gasteiger partial charge on any atom is 0.234 e. The average Bonchev–Trinajstić information content (AvgIpc) is 3.08. The lowest BCUT2D eigenvalue weighted by Gasteiger charge is -2.11. The molecule has 1 aromatic carbocycles. The molecule has 0 fully saturated rings. The number of halogens is 2. The Balaban J connectivity index is 1.57. The highest BCUT2D eigenvalue weighted by atomic mass is 79.9. The van der Waals surface area contributed by atoms with Gasteiger partial charge in [-0.05, 0) is 56.1 Å². The van der Waals surface area contributed by atoms with Crippen molar-refractivity contribution in [1.82, 2.24) is 19.5 Å². The third-order valence-electron chi connectivity index (χ3n) is 3.90. The first-order valence-corrected chi connectivity index (χ1v) is 10.8. The number of imidazole rings is 1. The van der Waals surface area contributed by atoms with Gasteiger partial charge in [0.15, 0.2) is 5.16 Å². The van der Waals surface area contributed by atoms with Gasteiger partial charge in [0.1, 0.15) is 9.21 Å². The Morgan fingerprint density at radius 3 is 2.68 bits per heavy atom. The van der Waals surface area contributed by atoms with E-state index in [4.69, 9.17) is 0 Å². The van der Waals surface area contributed by atoms with Crippen LogP contribution in [0.3, 0.4) is 0 Å². The summed E-state index contributed by atoms with van der Waals surface area (Å²) in [6.45, 7) is 0. The zero-order valence-corrected chi connectivity index (χ0v) is 18.3. The Labute approximate surface area is 182 Å². The summed E-state index contributed by atoms with van der Waals surface area (Å²) >= 11 is 8.23. The number of nitrogens with one attached hydrogen (secondary N) is 1. The Morgan fingerprint density at radius 1 is 1.04 bits per heavy atom. The maximum atomic E-state index is 12.4. The number of rotatable bonds is 5. The van der Waals surface area contributed by atoms with Crippen molar-refractivity contribution in [1.29, 1.82) is 0 Å². The molecule has 9 heteroatoms. The molecular formula is C19H13Br2N5OS. The Kier molecular flexibility index (Phi) is 5.74. The van der Waals surface area contributed by atoms with E-state index < -0.39 is 0 Å². The van der Waals surface area contributed by atoms with Crippen molar-refractivity contribution >= 4 is 66.1 Å². The quantitative estimate of drug-likeness (QED) is 0.295. The molecule has 0 aliphatic rings. The molecule has 0 aliphatic carbocycles. The molecule has 0 unspecified atom stereocenters. The normalized spacial score (nSPS) is 10.9. The van der Waals surface area contributed by atoms with Crippen LogP contribution in [-0.4, -0.2) is 31.2 Å². The molecule has 1 N–H and O–H groups in total. The first-order chi connectivity index (χ1) is 13.6. The van der Waals surface area contributed by atoms with Crippen LogP contribution in [0.1, 0.15) is 0 Å². The van der Waals surface area contributed by atoms with Gasteiger partial charge in [-0.25, -0.2) is 9.97 Å². The van der Waals surface area contributed by atoms with Gasteiger partial charge >= 0.3 is 0 Å². The number of hydrogen-bond donors (Lipinski definition) is 1. The number of para-hydroxylation sites is 1. The SMILES string of the molecule is O=C(CSc1ncc(Br)n1-c1cccc2cccnc12)Nc1cccnc1Br. The monoisotopic (exact) mass is 517 g/mol. The average molecular weight is 519 g/mol. The second-order valence-corrected chi connectivity index (χ2v) is 8.24. The van der Waals surface area contributed by atoms with Gasteiger partial charge in [-0.2, -0.15) is 0 Å². The minimum Gasteiger partial charge on any atom is -0.323 e. The van der Waals surface area contributed by atoms with Gasteiger partial charge < -0.3 is 5.32 Å². The number of thioether (sulfide) groups is 1. The predicted molar refractivity (Wildman–Crippen MR) is 118 cm³/mol. The highest BCUT2D eigenvalue weighted by molar-refractivity contribution is 9.10. The second kappa shape index (κ2) is 8.42. The van der Waals surface area contributed by atoms with Crippen LogP contribution < -0.4 is 5.32 Å². The van der Waals surface area contributed by atoms with E-state index in [1.807, 2.05) is 34.9 Å². The van der Waals surface area contributed by atoms with Gasteiger partial charge in [-0.1, -0.05) is 30.0 Å². The van der Waals surface area contributed by atoms with E-state index in [0.717, 1.165) is 21.2 Å². The molecule has 0 aliphatic heterocycles. The summed E-state index contributed by atoms with van der Waals surface area (Å²) in [6.07, 6.45) is 5.14. The van der Waals surface area contributed by atoms with Crippen molar-refractivity contribution in [2.75, 3.05) is 11.1 Å². The van der Waals surface area contributed by atoms with Crippen molar-refractivity contribution < 1.29 is 4.79 Å². The summed E-state index contributed by atoms with van der Waals surface area (Å²) in [5, 5.41) is 4.58. The zero-order chi connectivity index (χ0) is 19.5. The lowest BCUT2D eigenvalue weighted by Crippen LogP contribution is -2.15. The molecule has 0 saturated heterocycles. The number of hydrogen-bond acceptors (Lipinski definition) is 5. The van der Waals surface area contributed by atoms with E-state index in [9.17, 15) is 4.79 Å². The van der Waals surface area contributed by atoms with E-state index in [1.165, 1.54) is 11.8 Å². The number of carbonyl (C=O) groups excluding carboxylic acids is 1. The summed E-state index contributed by atoms with van der Waals surface area (Å²) < 4.78 is 3.34. The minimum absolute atomic E-state index is 0.139. The van der Waals surface area contributed by atoms with E-state index >= 15 is 0 Å². The predicted octanol–water partition coefficient (Wildman–Crippen LogP) is 5.07. The van der Waals surface area contributed by atoms with Crippen LogP contribution in [0, 0.1) is 0 Å². The minimum atomic E-state index is -0.139. The van der Waals surface area contributed by atoms with E-state index in [0.29, 0.717) is 15.4 Å². The molecular weight excluding hydrogens is 506 g/mol. The number of fused-ring (bicyclic) bond motifs is 1. The summed E-state index contributed by atoms with van der Waals surface area (Å²) in [6, 6.07) is 13.5. The van der Waals surface area contributed by atoms with Crippen LogP contribution in [-0.2, 0) is 4.79 Å². The Hall–Kier alpha value is -2.23. The van der Waals surface area contributed by atoms with Gasteiger partial charge in [0.2, 0.25) is 5.91 Å². The zero-order valence-electron chi connectivity index (χ0n) is 14.3. The van der Waals surface area contributed by atoms with Gasteiger partial charge in [-0.15, -0.1) is 0 Å². The fourth-order valence-corrected chi connectivity index (χ4v) is 4.41. The van der Waals surface area contributed by atoms with Gasteiger partial charge in [0.25, 0.3) is 0 Å². The molecule has 6 nitrogen and oxygen atoms in total. The first kappa shape index (κ1) is 19.1. The number of aromatic nitrogens is 4. The summed E-state index contributed by atoms with van der Waals surface area (Å²) in [5.41, 5.74) is 2.41. The number of anilines is 1. The second-order valence-electron chi connectivity index (χ2n) is 5.73. The molecule has 0 saturated carbocycles. The van der Waals surface area contributed by atoms with Gasteiger partial charge in [0, 0.05) is 17.8 Å². The molecule has 28 heavy (non-hydrogen) atoms. The fourth-order valence-electron chi connectivity index (χ4n) is 2.70. The smallest absolute Gasteiger partial charge is 0.234 e. The summed E-state index contributed by atoms with van der Waals surface area (Å²) in [5.74, 6) is 0.0728. The molecule has 0 bridgehead atoms. The molecule has 3 heterocycles. The molecule has 1 amide bonds. The summed E-state index contributed by atoms with van der Waals surface area (Å²) in [7, 11) is 0. The van der Waals surface area contributed by atoms with Crippen molar-refractivity contribution in [3.63, 3.8) is 0 Å². The Bertz CT molecular complexity index is 1160. The van der Waals surface area contributed by atoms with Crippen molar-refractivity contribution in [2.24, 2.45) is 0 Å². The highest BCUT2D eigenvalue weighted by Crippen LogP contribution is 2.30. The molecule has 4 aromatic rings. The molecule has 140 valence electrons. The van der Waals surface area contributed by atoms with Crippen LogP contribution in [0.2, 0.25) is 0 Å². The van der Waals surface area contributed by atoms with Crippen LogP contribution in [0.25, 0.3) is 16.6 Å². The molecule has 3 aromatic heterocycles. The van der Waals surface area contributed by atoms with E-state index in [-0.39, 0.29) is 11.7 Å². The van der Waals surface area contributed by atoms with Crippen LogP contribution in [0.15, 0.2) is 75.4 Å². The Morgan fingerprint density at radius 2 is 1.82 bits per heavy atom. The van der Waals surface area contributed by atoms with Crippen LogP contribution in [0.5, 0.6) is 0 Å². The lowest BCUT2D eigenvalue weighted by atomic mass is 10.2. The first-order valence-electron chi connectivity index (χ1n) is 8.24. The number of nitrogens with zero attached hydrogens (tertiary/aromatic N) is 4. The largest absolute Gasteiger partial charge is 0.323 e. The summed E-state index contributed by atoms with van der Waals surface area (Å²) in [4.78, 5) is 25.4. The molecule has 0 spiro atoms. The third kappa shape index (κ3) is 3.96. The van der Waals surface area contributed by atoms with E-state index in [1.54, 1.807) is 30.7 Å². The van der Waals surface area contributed by atoms with Gasteiger partial charge in [0.05, 0.1) is 28.8 Å². The number of carbonyl (C=O) groups is 1. The molecule has 0 atom stereocenters. The highest BCUT2D eigenvalue weighted by Gasteiger charge is 2.15. The maximum absolute atomic E-state index is 12.4. The van der Waals surface area contributed by atoms with Crippen molar-refractivity contribution in [3.8, 4) is 5.69 Å². The van der Waals surface area contributed by atoms with Crippen molar-refractivity contribution in [3.05, 3.63) is 70.3 Å². The number of pyridine rings is 2. The fraction of sp³-hybridized carbons (Fsp3) is 0.0526. The van der Waals surface area contributed by atoms with Crippen LogP contribution >= 0.6 is 43.6 Å². The van der Waals surface area contributed by atoms with Crippen LogP contribution in [0.4, 0.5) is 5.69 Å². The standard InChI is InChI=1S/C19H13Br2N5OS/c20-15-10-24-19(28-11-16(27)25-13-6-3-9-23-18(13)21)26(15)14-7-1-4-12-5-2-8-22-17(12)14/h1-10H,11H2,(H,25,27).